The first-order valence-electron chi connectivity index (χ1n) is 12.1. The number of hydrogen-bond acceptors (Lipinski definition) is 10. The van der Waals surface area contributed by atoms with E-state index < -0.39 is 6.10 Å². The summed E-state index contributed by atoms with van der Waals surface area (Å²) < 4.78 is 16.7. The van der Waals surface area contributed by atoms with Crippen molar-refractivity contribution in [2.24, 2.45) is 7.05 Å². The van der Waals surface area contributed by atoms with Crippen LogP contribution in [0.4, 0.5) is 11.8 Å². The lowest BCUT2D eigenvalue weighted by atomic mass is 9.91. The first-order valence-corrected chi connectivity index (χ1v) is 12.1. The average Bonchev–Trinajstić information content (AvgIpc) is 3.66. The summed E-state index contributed by atoms with van der Waals surface area (Å²) in [6, 6.07) is 3.90. The zero-order chi connectivity index (χ0) is 26.6. The zero-order valence-electron chi connectivity index (χ0n) is 21.3. The molecule has 13 nitrogen and oxygen atoms in total. The van der Waals surface area contributed by atoms with Crippen LogP contribution in [0, 0.1) is 11.3 Å². The van der Waals surface area contributed by atoms with Crippen LogP contribution in [-0.4, -0.2) is 63.3 Å². The predicted octanol–water partition coefficient (Wildman–Crippen LogP) is 2.84. The Bertz CT molecular complexity index is 1700. The van der Waals surface area contributed by atoms with E-state index in [1.54, 1.807) is 40.9 Å². The number of hydrogen-bond donors (Lipinski definition) is 2. The van der Waals surface area contributed by atoms with E-state index in [-0.39, 0.29) is 29.4 Å². The summed E-state index contributed by atoms with van der Waals surface area (Å²) in [6.07, 6.45) is 7.37. The third-order valence-electron chi connectivity index (χ3n) is 6.56. The van der Waals surface area contributed by atoms with Crippen LogP contribution in [0.1, 0.15) is 38.1 Å². The third kappa shape index (κ3) is 3.90. The Kier molecular flexibility index (Phi) is 5.51. The largest absolute Gasteiger partial charge is 0.450 e. The highest BCUT2D eigenvalue weighted by Crippen LogP contribution is 2.34. The summed E-state index contributed by atoms with van der Waals surface area (Å²) in [5.74, 6) is 1.74. The van der Waals surface area contributed by atoms with Crippen LogP contribution in [0.25, 0.3) is 16.7 Å². The lowest BCUT2D eigenvalue weighted by molar-refractivity contribution is 0.117. The Hall–Kier alpha value is -4.54. The second-order valence-electron chi connectivity index (χ2n) is 10.2. The summed E-state index contributed by atoms with van der Waals surface area (Å²) in [5, 5.41) is 32.7. The first kappa shape index (κ1) is 23.8. The highest BCUT2D eigenvalue weighted by atomic mass is 16.5. The molecule has 1 aliphatic heterocycles. The number of nitrogens with zero attached hydrogens (tertiary/aromatic N) is 9. The number of anilines is 2. The number of nitriles is 1. The summed E-state index contributed by atoms with van der Waals surface area (Å²) in [6.45, 7) is 6.93. The van der Waals surface area contributed by atoms with Crippen molar-refractivity contribution in [2.75, 3.05) is 18.5 Å². The Balaban J connectivity index is 1.37. The monoisotopic (exact) mass is 514 g/mol. The van der Waals surface area contributed by atoms with Crippen molar-refractivity contribution in [3.63, 3.8) is 0 Å². The summed E-state index contributed by atoms with van der Waals surface area (Å²) in [4.78, 5) is 13.2. The minimum Gasteiger partial charge on any atom is -0.450 e. The van der Waals surface area contributed by atoms with Crippen LogP contribution in [-0.2, 0) is 17.2 Å². The molecule has 5 aromatic rings. The van der Waals surface area contributed by atoms with Gasteiger partial charge in [-0.1, -0.05) is 20.8 Å². The molecule has 6 heterocycles. The maximum absolute atomic E-state index is 10.4. The molecule has 0 aromatic carbocycles. The van der Waals surface area contributed by atoms with Gasteiger partial charge in [0.2, 0.25) is 5.95 Å². The van der Waals surface area contributed by atoms with Crippen molar-refractivity contribution in [1.82, 2.24) is 38.9 Å². The summed E-state index contributed by atoms with van der Waals surface area (Å²) in [7, 11) is 1.79. The molecule has 194 valence electrons. The van der Waals surface area contributed by atoms with Gasteiger partial charge >= 0.3 is 0 Å². The number of aliphatic hydroxyl groups is 1. The van der Waals surface area contributed by atoms with E-state index in [0.29, 0.717) is 40.8 Å². The van der Waals surface area contributed by atoms with E-state index in [0.717, 1.165) is 5.69 Å². The van der Waals surface area contributed by atoms with Gasteiger partial charge in [0.1, 0.15) is 34.8 Å². The molecular formula is C25H26N10O3. The molecule has 38 heavy (non-hydrogen) atoms. The molecule has 5 aromatic heterocycles. The quantitative estimate of drug-likeness (QED) is 0.358. The maximum atomic E-state index is 10.4. The van der Waals surface area contributed by atoms with Gasteiger partial charge in [-0.05, 0) is 0 Å². The number of pyridine rings is 1. The van der Waals surface area contributed by atoms with E-state index >= 15 is 0 Å². The van der Waals surface area contributed by atoms with Gasteiger partial charge in [0.25, 0.3) is 0 Å². The highest BCUT2D eigenvalue weighted by Gasteiger charge is 2.33. The number of ether oxygens (including phenoxy) is 2. The molecular weight excluding hydrogens is 488 g/mol. The van der Waals surface area contributed by atoms with Crippen LogP contribution in [0.5, 0.6) is 11.5 Å². The number of rotatable bonds is 5. The van der Waals surface area contributed by atoms with E-state index in [4.69, 9.17) is 14.6 Å². The molecule has 2 atom stereocenters. The Morgan fingerprint density at radius 1 is 1.21 bits per heavy atom. The van der Waals surface area contributed by atoms with Crippen molar-refractivity contribution in [3.05, 3.63) is 48.3 Å². The number of nitrogens with one attached hydrogen (secondary N) is 1. The second kappa shape index (κ2) is 8.79. The highest BCUT2D eigenvalue weighted by molar-refractivity contribution is 5.84. The van der Waals surface area contributed by atoms with Crippen LogP contribution in [0.2, 0.25) is 0 Å². The van der Waals surface area contributed by atoms with Crippen molar-refractivity contribution in [1.29, 1.82) is 5.26 Å². The fourth-order valence-corrected chi connectivity index (χ4v) is 4.61. The summed E-state index contributed by atoms with van der Waals surface area (Å²) >= 11 is 0. The average molecular weight is 515 g/mol. The molecule has 0 bridgehead atoms. The first-order chi connectivity index (χ1) is 18.2. The minimum absolute atomic E-state index is 0.225. The van der Waals surface area contributed by atoms with Crippen LogP contribution in [0.3, 0.4) is 0 Å². The Labute approximate surface area is 217 Å². The SMILES string of the molecule is Cn1c(Nc2cc(C(C)(C)C)n([C@@H]3COC[C@@H]3O)n2)nc2ncc(Oc3cnn4ccncc34)c(C#N)c21. The van der Waals surface area contributed by atoms with Crippen LogP contribution < -0.4 is 10.1 Å². The molecule has 1 aliphatic rings. The van der Waals surface area contributed by atoms with E-state index in [1.807, 2.05) is 10.7 Å². The van der Waals surface area contributed by atoms with Gasteiger partial charge in [-0.15, -0.1) is 0 Å². The number of aliphatic hydroxyl groups excluding tert-OH is 1. The van der Waals surface area contributed by atoms with Crippen molar-refractivity contribution < 1.29 is 14.6 Å². The standard InChI is InChI=1S/C25H26N10O3/c1-25(2,3)20-7-21(32-35(20)16-12-37-13-17(16)36)30-24-31-23-22(33(24)4)14(8-26)18(10-28-23)38-19-11-29-34-6-5-27-9-15(19)34/h5-7,9-11,16-17,36H,12-13H2,1-4H3,(H,28,30,31,32)/t16-,17+/m1/s1. The smallest absolute Gasteiger partial charge is 0.210 e. The third-order valence-corrected chi connectivity index (χ3v) is 6.56. The fraction of sp³-hybridized carbons (Fsp3) is 0.360. The van der Waals surface area contributed by atoms with Gasteiger partial charge < -0.3 is 24.5 Å². The van der Waals surface area contributed by atoms with Crippen molar-refractivity contribution in [3.8, 4) is 17.6 Å². The number of aryl methyl sites for hydroxylation is 1. The lowest BCUT2D eigenvalue weighted by Gasteiger charge is -2.24. The molecule has 6 rings (SSSR count). The molecule has 0 spiro atoms. The molecule has 1 fully saturated rings. The van der Waals surface area contributed by atoms with E-state index in [9.17, 15) is 10.4 Å². The molecule has 0 radical (unpaired) electrons. The normalized spacial score (nSPS) is 17.8. The lowest BCUT2D eigenvalue weighted by Crippen LogP contribution is -2.28. The number of fused-ring (bicyclic) bond motifs is 2. The fourth-order valence-electron chi connectivity index (χ4n) is 4.61. The van der Waals surface area contributed by atoms with Gasteiger partial charge in [-0.25, -0.2) is 9.50 Å². The summed E-state index contributed by atoms with van der Waals surface area (Å²) in [5.41, 5.74) is 2.56. The van der Waals surface area contributed by atoms with E-state index in [1.165, 1.54) is 6.20 Å². The van der Waals surface area contributed by atoms with Crippen molar-refractivity contribution >= 4 is 28.4 Å². The molecule has 2 N–H and O–H groups in total. The zero-order valence-corrected chi connectivity index (χ0v) is 21.3. The molecule has 0 aliphatic carbocycles. The van der Waals surface area contributed by atoms with Gasteiger partial charge in [-0.3, -0.25) is 9.67 Å². The van der Waals surface area contributed by atoms with E-state index in [2.05, 4.69) is 52.2 Å². The van der Waals surface area contributed by atoms with Crippen molar-refractivity contribution in [2.45, 2.75) is 38.3 Å². The van der Waals surface area contributed by atoms with Crippen LogP contribution in [0.15, 0.2) is 37.1 Å². The molecule has 0 unspecified atom stereocenters. The Morgan fingerprint density at radius 3 is 2.79 bits per heavy atom. The van der Waals surface area contributed by atoms with Gasteiger partial charge in [0.15, 0.2) is 23.0 Å². The molecule has 0 amide bonds. The predicted molar refractivity (Wildman–Crippen MR) is 136 cm³/mol. The molecule has 13 heteroatoms. The number of aromatic nitrogens is 8. The maximum Gasteiger partial charge on any atom is 0.210 e. The Morgan fingerprint density at radius 2 is 2.05 bits per heavy atom. The number of imidazole rings is 1. The van der Waals surface area contributed by atoms with Crippen LogP contribution >= 0.6 is 0 Å². The van der Waals surface area contributed by atoms with Gasteiger partial charge in [0.05, 0.1) is 31.8 Å². The topological polar surface area (TPSA) is 153 Å². The van der Waals surface area contributed by atoms with Gasteiger partial charge in [-0.2, -0.15) is 20.4 Å². The van der Waals surface area contributed by atoms with Gasteiger partial charge in [0, 0.05) is 36.6 Å². The molecule has 0 saturated carbocycles. The second-order valence-corrected chi connectivity index (χ2v) is 10.2. The molecule has 1 saturated heterocycles. The minimum atomic E-state index is -0.635.